The number of hydrogen-bond donors (Lipinski definition) is 2. The number of benzene rings is 1. The average Bonchev–Trinajstić information content (AvgIpc) is 2.83. The molecule has 1 atom stereocenters. The average molecular weight is 218 g/mol. The SMILES string of the molecule is CCc1ccc(NC(=O)[C@H]2CCCN2)cc1. The van der Waals surface area contributed by atoms with Gasteiger partial charge in [-0.1, -0.05) is 19.1 Å². The molecule has 3 nitrogen and oxygen atoms in total. The standard InChI is InChI=1S/C13H18N2O/c1-2-10-5-7-11(8-6-10)15-13(16)12-4-3-9-14-12/h5-8,12,14H,2-4,9H2,1H3,(H,15,16)/t12-/m1/s1. The van der Waals surface area contributed by atoms with Gasteiger partial charge in [-0.05, 0) is 43.5 Å². The fraction of sp³-hybridized carbons (Fsp3) is 0.462. The maximum atomic E-state index is 11.8. The Hall–Kier alpha value is -1.35. The van der Waals surface area contributed by atoms with Crippen molar-refractivity contribution in [2.24, 2.45) is 0 Å². The number of amides is 1. The molecule has 1 fully saturated rings. The molecular formula is C13H18N2O. The third-order valence-electron chi connectivity index (χ3n) is 3.01. The molecule has 0 aliphatic carbocycles. The van der Waals surface area contributed by atoms with Crippen molar-refractivity contribution < 1.29 is 4.79 Å². The predicted molar refractivity (Wildman–Crippen MR) is 65.5 cm³/mol. The summed E-state index contributed by atoms with van der Waals surface area (Å²) in [7, 11) is 0. The van der Waals surface area contributed by atoms with Gasteiger partial charge in [-0.25, -0.2) is 0 Å². The highest BCUT2D eigenvalue weighted by atomic mass is 16.2. The van der Waals surface area contributed by atoms with Gasteiger partial charge in [0.1, 0.15) is 0 Å². The Morgan fingerprint density at radius 3 is 2.75 bits per heavy atom. The van der Waals surface area contributed by atoms with E-state index >= 15 is 0 Å². The van der Waals surface area contributed by atoms with Crippen molar-refractivity contribution in [1.82, 2.24) is 5.32 Å². The van der Waals surface area contributed by atoms with E-state index in [2.05, 4.69) is 29.7 Å². The first-order chi connectivity index (χ1) is 7.79. The Morgan fingerprint density at radius 2 is 2.19 bits per heavy atom. The quantitative estimate of drug-likeness (QED) is 0.814. The Labute approximate surface area is 96.2 Å². The second-order valence-electron chi connectivity index (χ2n) is 4.19. The van der Waals surface area contributed by atoms with Gasteiger partial charge in [0.25, 0.3) is 0 Å². The summed E-state index contributed by atoms with van der Waals surface area (Å²) in [6.07, 6.45) is 3.06. The van der Waals surface area contributed by atoms with E-state index in [4.69, 9.17) is 0 Å². The molecule has 3 heteroatoms. The minimum atomic E-state index is -0.00847. The molecule has 0 spiro atoms. The van der Waals surface area contributed by atoms with E-state index < -0.39 is 0 Å². The number of carbonyl (C=O) groups excluding carboxylic acids is 1. The van der Waals surface area contributed by atoms with Gasteiger partial charge in [-0.2, -0.15) is 0 Å². The second kappa shape index (κ2) is 5.12. The maximum absolute atomic E-state index is 11.8. The molecule has 0 aromatic heterocycles. The first-order valence-corrected chi connectivity index (χ1v) is 5.93. The molecule has 0 saturated carbocycles. The van der Waals surface area contributed by atoms with Gasteiger partial charge in [0.15, 0.2) is 0 Å². The Morgan fingerprint density at radius 1 is 1.44 bits per heavy atom. The van der Waals surface area contributed by atoms with E-state index in [1.165, 1.54) is 5.56 Å². The zero-order valence-corrected chi connectivity index (χ0v) is 9.62. The molecule has 1 amide bonds. The molecular weight excluding hydrogens is 200 g/mol. The van der Waals surface area contributed by atoms with Gasteiger partial charge in [0.05, 0.1) is 6.04 Å². The van der Waals surface area contributed by atoms with Gasteiger partial charge in [-0.3, -0.25) is 4.79 Å². The molecule has 2 rings (SSSR count). The highest BCUT2D eigenvalue weighted by Gasteiger charge is 2.21. The zero-order valence-electron chi connectivity index (χ0n) is 9.62. The van der Waals surface area contributed by atoms with Gasteiger partial charge >= 0.3 is 0 Å². The summed E-state index contributed by atoms with van der Waals surface area (Å²) in [6, 6.07) is 8.03. The zero-order chi connectivity index (χ0) is 11.4. The Kier molecular flexibility index (Phi) is 3.57. The summed E-state index contributed by atoms with van der Waals surface area (Å²) in [5.74, 6) is 0.0850. The van der Waals surface area contributed by atoms with E-state index in [-0.39, 0.29) is 11.9 Å². The van der Waals surface area contributed by atoms with Crippen LogP contribution in [0.4, 0.5) is 5.69 Å². The lowest BCUT2D eigenvalue weighted by molar-refractivity contribution is -0.117. The van der Waals surface area contributed by atoms with Crippen LogP contribution in [0, 0.1) is 0 Å². The fourth-order valence-corrected chi connectivity index (χ4v) is 1.96. The fourth-order valence-electron chi connectivity index (χ4n) is 1.96. The number of rotatable bonds is 3. The van der Waals surface area contributed by atoms with Crippen LogP contribution in [0.25, 0.3) is 0 Å². The van der Waals surface area contributed by atoms with Crippen molar-refractivity contribution in [2.45, 2.75) is 32.2 Å². The molecule has 0 radical (unpaired) electrons. The minimum absolute atomic E-state index is 0.00847. The van der Waals surface area contributed by atoms with E-state index in [1.807, 2.05) is 12.1 Å². The lowest BCUT2D eigenvalue weighted by Crippen LogP contribution is -2.35. The van der Waals surface area contributed by atoms with Crippen LogP contribution in [-0.4, -0.2) is 18.5 Å². The number of hydrogen-bond acceptors (Lipinski definition) is 2. The summed E-state index contributed by atoms with van der Waals surface area (Å²) >= 11 is 0. The molecule has 86 valence electrons. The van der Waals surface area contributed by atoms with Crippen molar-refractivity contribution in [3.8, 4) is 0 Å². The van der Waals surface area contributed by atoms with E-state index in [0.717, 1.165) is 31.5 Å². The molecule has 16 heavy (non-hydrogen) atoms. The van der Waals surface area contributed by atoms with E-state index in [1.54, 1.807) is 0 Å². The molecule has 0 bridgehead atoms. The smallest absolute Gasteiger partial charge is 0.241 e. The minimum Gasteiger partial charge on any atom is -0.325 e. The Balaban J connectivity index is 1.94. The molecule has 1 aromatic carbocycles. The van der Waals surface area contributed by atoms with Crippen molar-refractivity contribution in [3.05, 3.63) is 29.8 Å². The second-order valence-corrected chi connectivity index (χ2v) is 4.19. The van der Waals surface area contributed by atoms with Gasteiger partial charge < -0.3 is 10.6 Å². The largest absolute Gasteiger partial charge is 0.325 e. The van der Waals surface area contributed by atoms with Crippen molar-refractivity contribution in [1.29, 1.82) is 0 Å². The predicted octanol–water partition coefficient (Wildman–Crippen LogP) is 1.94. The summed E-state index contributed by atoms with van der Waals surface area (Å²) in [4.78, 5) is 11.8. The molecule has 0 unspecified atom stereocenters. The van der Waals surface area contributed by atoms with Gasteiger partial charge in [-0.15, -0.1) is 0 Å². The first-order valence-electron chi connectivity index (χ1n) is 5.93. The monoisotopic (exact) mass is 218 g/mol. The van der Waals surface area contributed by atoms with Crippen molar-refractivity contribution >= 4 is 11.6 Å². The lowest BCUT2D eigenvalue weighted by Gasteiger charge is -2.11. The molecule has 1 aliphatic rings. The van der Waals surface area contributed by atoms with Gasteiger partial charge in [0.2, 0.25) is 5.91 Å². The summed E-state index contributed by atoms with van der Waals surface area (Å²) in [5, 5.41) is 6.12. The number of aryl methyl sites for hydroxylation is 1. The molecule has 2 N–H and O–H groups in total. The maximum Gasteiger partial charge on any atom is 0.241 e. The van der Waals surface area contributed by atoms with Crippen LogP contribution in [0.15, 0.2) is 24.3 Å². The van der Waals surface area contributed by atoms with Crippen molar-refractivity contribution in [2.75, 3.05) is 11.9 Å². The van der Waals surface area contributed by atoms with Crippen LogP contribution in [0.2, 0.25) is 0 Å². The topological polar surface area (TPSA) is 41.1 Å². The molecule has 1 saturated heterocycles. The van der Waals surface area contributed by atoms with Crippen LogP contribution in [0.1, 0.15) is 25.3 Å². The van der Waals surface area contributed by atoms with Crippen LogP contribution in [-0.2, 0) is 11.2 Å². The summed E-state index contributed by atoms with van der Waals surface area (Å²) in [5.41, 5.74) is 2.17. The number of nitrogens with one attached hydrogen (secondary N) is 2. The normalized spacial score (nSPS) is 19.7. The molecule has 1 aromatic rings. The summed E-state index contributed by atoms with van der Waals surface area (Å²) < 4.78 is 0. The lowest BCUT2D eigenvalue weighted by atomic mass is 10.1. The highest BCUT2D eigenvalue weighted by Crippen LogP contribution is 2.12. The van der Waals surface area contributed by atoms with Gasteiger partial charge in [0, 0.05) is 5.69 Å². The molecule has 1 aliphatic heterocycles. The summed E-state index contributed by atoms with van der Waals surface area (Å²) in [6.45, 7) is 3.07. The third kappa shape index (κ3) is 2.61. The van der Waals surface area contributed by atoms with Crippen LogP contribution in [0.3, 0.4) is 0 Å². The van der Waals surface area contributed by atoms with Crippen LogP contribution < -0.4 is 10.6 Å². The van der Waals surface area contributed by atoms with Crippen LogP contribution in [0.5, 0.6) is 0 Å². The third-order valence-corrected chi connectivity index (χ3v) is 3.01. The Bertz CT molecular complexity index is 353. The van der Waals surface area contributed by atoms with E-state index in [0.29, 0.717) is 0 Å². The number of anilines is 1. The number of carbonyl (C=O) groups is 1. The van der Waals surface area contributed by atoms with E-state index in [9.17, 15) is 4.79 Å². The first kappa shape index (κ1) is 11.1. The molecule has 1 heterocycles. The van der Waals surface area contributed by atoms with Crippen molar-refractivity contribution in [3.63, 3.8) is 0 Å². The highest BCUT2D eigenvalue weighted by molar-refractivity contribution is 5.95. The van der Waals surface area contributed by atoms with Crippen LogP contribution >= 0.6 is 0 Å².